The molecule has 0 aliphatic carbocycles. The monoisotopic (exact) mass is 345 g/mol. The predicted molar refractivity (Wildman–Crippen MR) is 107 cm³/mol. The fourth-order valence-corrected chi connectivity index (χ4v) is 2.77. The first-order valence-corrected chi connectivity index (χ1v) is 8.74. The van der Waals surface area contributed by atoms with Crippen LogP contribution in [0.25, 0.3) is 11.1 Å². The highest BCUT2D eigenvalue weighted by atomic mass is 16.5. The summed E-state index contributed by atoms with van der Waals surface area (Å²) in [5.41, 5.74) is 4.94. The summed E-state index contributed by atoms with van der Waals surface area (Å²) in [7, 11) is 0. The van der Waals surface area contributed by atoms with E-state index in [0.29, 0.717) is 0 Å². The lowest BCUT2D eigenvalue weighted by molar-refractivity contribution is -0.122. The number of carbonyl (C=O) groups is 1. The Hall–Kier alpha value is -3.07. The van der Waals surface area contributed by atoms with Gasteiger partial charge in [-0.25, -0.2) is 0 Å². The zero-order valence-corrected chi connectivity index (χ0v) is 15.3. The summed E-state index contributed by atoms with van der Waals surface area (Å²) in [5.74, 6) is 0.568. The number of benzene rings is 3. The van der Waals surface area contributed by atoms with Crippen molar-refractivity contribution in [2.45, 2.75) is 26.9 Å². The second-order valence-electron chi connectivity index (χ2n) is 6.43. The summed E-state index contributed by atoms with van der Waals surface area (Å²) >= 11 is 0. The van der Waals surface area contributed by atoms with Gasteiger partial charge in [-0.15, -0.1) is 0 Å². The molecule has 0 radical (unpaired) electrons. The van der Waals surface area contributed by atoms with Gasteiger partial charge in [0.2, 0.25) is 0 Å². The van der Waals surface area contributed by atoms with Crippen molar-refractivity contribution in [2.24, 2.45) is 0 Å². The molecular weight excluding hydrogens is 322 g/mol. The lowest BCUT2D eigenvalue weighted by Gasteiger charge is -2.18. The molecule has 0 aliphatic heterocycles. The van der Waals surface area contributed by atoms with Gasteiger partial charge in [-0.05, 0) is 49.6 Å². The first kappa shape index (κ1) is 17.7. The number of carbonyl (C=O) groups excluding carboxylic acids is 1. The van der Waals surface area contributed by atoms with Crippen LogP contribution in [0.2, 0.25) is 0 Å². The minimum Gasteiger partial charge on any atom is -0.481 e. The Morgan fingerprint density at radius 1 is 0.923 bits per heavy atom. The van der Waals surface area contributed by atoms with Crippen LogP contribution >= 0.6 is 0 Å². The molecule has 1 atom stereocenters. The average Bonchev–Trinajstić information content (AvgIpc) is 2.66. The van der Waals surface area contributed by atoms with E-state index in [0.717, 1.165) is 33.7 Å². The third kappa shape index (κ3) is 4.12. The van der Waals surface area contributed by atoms with Crippen molar-refractivity contribution in [3.05, 3.63) is 83.9 Å². The van der Waals surface area contributed by atoms with Crippen molar-refractivity contribution in [3.8, 4) is 16.9 Å². The van der Waals surface area contributed by atoms with Crippen LogP contribution in [-0.2, 0) is 4.79 Å². The second-order valence-corrected chi connectivity index (χ2v) is 6.43. The number of aryl methyl sites for hydroxylation is 2. The fraction of sp³-hybridized carbons (Fsp3) is 0.174. The van der Waals surface area contributed by atoms with Crippen molar-refractivity contribution >= 4 is 11.6 Å². The molecule has 0 saturated heterocycles. The lowest BCUT2D eigenvalue weighted by Crippen LogP contribution is -2.30. The first-order chi connectivity index (χ1) is 12.5. The third-order valence-corrected chi connectivity index (χ3v) is 4.29. The molecule has 1 amide bonds. The predicted octanol–water partition coefficient (Wildman–Crippen LogP) is 5.38. The van der Waals surface area contributed by atoms with E-state index >= 15 is 0 Å². The van der Waals surface area contributed by atoms with Crippen LogP contribution in [-0.4, -0.2) is 12.0 Å². The van der Waals surface area contributed by atoms with Gasteiger partial charge in [0, 0.05) is 11.3 Å². The van der Waals surface area contributed by atoms with E-state index in [9.17, 15) is 4.79 Å². The van der Waals surface area contributed by atoms with Gasteiger partial charge < -0.3 is 10.1 Å². The summed E-state index contributed by atoms with van der Waals surface area (Å²) in [6.45, 7) is 5.75. The molecule has 0 heterocycles. The van der Waals surface area contributed by atoms with E-state index in [1.807, 2.05) is 86.6 Å². The second kappa shape index (κ2) is 7.87. The van der Waals surface area contributed by atoms with Crippen LogP contribution in [0.5, 0.6) is 5.75 Å². The number of ether oxygens (including phenoxy) is 1. The maximum absolute atomic E-state index is 12.7. The molecule has 132 valence electrons. The average molecular weight is 345 g/mol. The van der Waals surface area contributed by atoms with Crippen LogP contribution < -0.4 is 10.1 Å². The van der Waals surface area contributed by atoms with Gasteiger partial charge in [0.1, 0.15) is 5.75 Å². The fourth-order valence-electron chi connectivity index (χ4n) is 2.77. The van der Waals surface area contributed by atoms with Crippen molar-refractivity contribution in [3.63, 3.8) is 0 Å². The highest BCUT2D eigenvalue weighted by molar-refractivity contribution is 5.98. The number of hydrogen-bond donors (Lipinski definition) is 1. The molecule has 0 saturated carbocycles. The molecule has 26 heavy (non-hydrogen) atoms. The third-order valence-electron chi connectivity index (χ3n) is 4.29. The van der Waals surface area contributed by atoms with Crippen molar-refractivity contribution in [1.82, 2.24) is 0 Å². The summed E-state index contributed by atoms with van der Waals surface area (Å²) in [6.07, 6.45) is -0.598. The normalized spacial score (nSPS) is 11.7. The van der Waals surface area contributed by atoms with Crippen molar-refractivity contribution in [1.29, 1.82) is 0 Å². The molecule has 1 N–H and O–H groups in total. The zero-order valence-electron chi connectivity index (χ0n) is 15.3. The molecule has 3 aromatic carbocycles. The van der Waals surface area contributed by atoms with E-state index in [1.54, 1.807) is 6.92 Å². The van der Waals surface area contributed by atoms with Crippen LogP contribution in [0, 0.1) is 13.8 Å². The first-order valence-electron chi connectivity index (χ1n) is 8.74. The Kier molecular flexibility index (Phi) is 5.37. The standard InChI is InChI=1S/C23H23NO2/c1-16-13-14-17(2)22(15-16)26-18(3)23(25)24-21-12-8-7-11-20(21)19-9-5-4-6-10-19/h4-15,18H,1-3H3,(H,24,25)/t18-/m0/s1. The number of rotatable bonds is 5. The zero-order chi connectivity index (χ0) is 18.5. The van der Waals surface area contributed by atoms with Gasteiger partial charge in [-0.3, -0.25) is 4.79 Å². The quantitative estimate of drug-likeness (QED) is 0.674. The number of para-hydroxylation sites is 1. The maximum Gasteiger partial charge on any atom is 0.265 e. The summed E-state index contributed by atoms with van der Waals surface area (Å²) < 4.78 is 5.89. The van der Waals surface area contributed by atoms with Crippen molar-refractivity contribution < 1.29 is 9.53 Å². The Morgan fingerprint density at radius 3 is 2.38 bits per heavy atom. The number of amides is 1. The Morgan fingerprint density at radius 2 is 1.62 bits per heavy atom. The van der Waals surface area contributed by atoms with E-state index in [1.165, 1.54) is 0 Å². The molecule has 0 fully saturated rings. The van der Waals surface area contributed by atoms with E-state index < -0.39 is 6.10 Å². The molecule has 3 nitrogen and oxygen atoms in total. The molecule has 3 heteroatoms. The number of anilines is 1. The molecule has 0 aliphatic rings. The highest BCUT2D eigenvalue weighted by Gasteiger charge is 2.17. The van der Waals surface area contributed by atoms with Gasteiger partial charge in [0.05, 0.1) is 0 Å². The topological polar surface area (TPSA) is 38.3 Å². The smallest absolute Gasteiger partial charge is 0.265 e. The van der Waals surface area contributed by atoms with E-state index in [4.69, 9.17) is 4.74 Å². The lowest BCUT2D eigenvalue weighted by atomic mass is 10.0. The largest absolute Gasteiger partial charge is 0.481 e. The Balaban J connectivity index is 1.77. The van der Waals surface area contributed by atoms with Gasteiger partial charge in [-0.1, -0.05) is 60.7 Å². The Bertz CT molecular complexity index is 903. The minimum absolute atomic E-state index is 0.172. The van der Waals surface area contributed by atoms with E-state index in [2.05, 4.69) is 5.32 Å². The molecular formula is C23H23NO2. The van der Waals surface area contributed by atoms with Gasteiger partial charge >= 0.3 is 0 Å². The summed E-state index contributed by atoms with van der Waals surface area (Å²) in [4.78, 5) is 12.7. The van der Waals surface area contributed by atoms with Gasteiger partial charge in [0.25, 0.3) is 5.91 Å². The summed E-state index contributed by atoms with van der Waals surface area (Å²) in [6, 6.07) is 23.8. The summed E-state index contributed by atoms with van der Waals surface area (Å²) in [5, 5.41) is 3.00. The number of hydrogen-bond acceptors (Lipinski definition) is 2. The van der Waals surface area contributed by atoms with Gasteiger partial charge in [0.15, 0.2) is 6.10 Å². The molecule has 3 aromatic rings. The molecule has 0 spiro atoms. The minimum atomic E-state index is -0.598. The molecule has 0 aromatic heterocycles. The SMILES string of the molecule is Cc1ccc(C)c(O[C@@H](C)C(=O)Nc2ccccc2-c2ccccc2)c1. The van der Waals surface area contributed by atoms with E-state index in [-0.39, 0.29) is 5.91 Å². The van der Waals surface area contributed by atoms with Crippen LogP contribution in [0.1, 0.15) is 18.1 Å². The molecule has 0 bridgehead atoms. The van der Waals surface area contributed by atoms with Crippen LogP contribution in [0.15, 0.2) is 72.8 Å². The molecule has 0 unspecified atom stereocenters. The Labute approximate surface area is 154 Å². The number of nitrogens with one attached hydrogen (secondary N) is 1. The van der Waals surface area contributed by atoms with Crippen LogP contribution in [0.3, 0.4) is 0 Å². The maximum atomic E-state index is 12.7. The van der Waals surface area contributed by atoms with Gasteiger partial charge in [-0.2, -0.15) is 0 Å². The highest BCUT2D eigenvalue weighted by Crippen LogP contribution is 2.28. The van der Waals surface area contributed by atoms with Crippen LogP contribution in [0.4, 0.5) is 5.69 Å². The molecule has 3 rings (SSSR count). The van der Waals surface area contributed by atoms with Crippen molar-refractivity contribution in [2.75, 3.05) is 5.32 Å².